The second-order valence-corrected chi connectivity index (χ2v) is 39.5. The monoisotopic (exact) mass is 2400 g/mol. The number of unbranched alkanes of at least 4 members (excludes halogenated alkanes) is 2. The maximum Gasteiger partial charge on any atom is 1.00 e. The fraction of sp³-hybridized carbons (Fsp3) is 0.247. The standard InChI is InChI=1S/2C21H14Br2O2.2C14H6Br2O2.C14H8O2.C7H10O5.C5H11Br.CH4O.Br2.Na.H2O/c2*22-11-1-3-15-16-4-2-12(23)6-18(16)21-10-14(25)8-19(21)7-13(24)9-20(19,21)17(15)5-11;2*15-7-1-3-9-10-4-2-8(16)6-12(10)14(18)13(17)11(9)5-7;15-13-11-7-3-1-5-9(11)10-6-2-4-8-12(10)14(13)16;1-11-6(9)3-5(8)4-7(10)12-2;1-2-3-4-5-6;2*1-2;;/h2*1-6H,7-10H2;2*1-6H;1-8H;3-4H2,1-2H3;2-5H2,1H3;2H,1H3;;;1H2/q;;;;;;;;;+1;/p-1. The number of alkyl halides is 1. The quantitative estimate of drug-likeness (QED) is 0.0387. The van der Waals surface area contributed by atoms with Crippen molar-refractivity contribution in [1.82, 2.24) is 0 Å². The third-order valence-corrected chi connectivity index (χ3v) is 29.9. The number of esters is 2. The minimum absolute atomic E-state index is 0. The average Bonchev–Trinajstić information content (AvgIpc) is 1.41. The molecule has 0 heterocycles. The van der Waals surface area contributed by atoms with Crippen LogP contribution in [0.4, 0.5) is 0 Å². The van der Waals surface area contributed by atoms with Crippen molar-refractivity contribution >= 4 is 247 Å². The van der Waals surface area contributed by atoms with E-state index in [0.717, 1.165) is 76.3 Å². The summed E-state index contributed by atoms with van der Waals surface area (Å²) in [5.41, 5.74) is 16.7. The molecule has 0 radical (unpaired) electrons. The summed E-state index contributed by atoms with van der Waals surface area (Å²) in [6.07, 6.45) is 7.78. The van der Waals surface area contributed by atoms with Crippen molar-refractivity contribution in [3.8, 4) is 55.6 Å². The van der Waals surface area contributed by atoms with Gasteiger partial charge in [0.15, 0.2) is 5.78 Å². The van der Waals surface area contributed by atoms with Crippen LogP contribution in [0.2, 0.25) is 0 Å². The summed E-state index contributed by atoms with van der Waals surface area (Å²) in [4.78, 5) is 154. The summed E-state index contributed by atoms with van der Waals surface area (Å²) in [5.74, 6) is -3.15. The SMILES string of the molecule is BrBr.CCCCCBr.CO.COC(=O)CC(=O)CC(=O)OC.O=C1C(=O)c2cc(Br)ccc2-c2ccc(Br)cc21.O=C1C(=O)c2cc(Br)ccc2-c2ccc(Br)cc21.O=C1C(=O)c2ccccc2-c2ccccc21.O=C1CC23CC(=O)CC24c2cc(Br)ccc2-c2ccc(Br)cc2C34C1.O=C1CC23CC(=O)CC24c2cc(Br)ccc2-c2ccc(Br)cc2C34C1.[Na+].[OH-]. The van der Waals surface area contributed by atoms with Crippen LogP contribution in [0.1, 0.15) is 175 Å². The van der Waals surface area contributed by atoms with E-state index in [1.54, 1.807) is 48.5 Å². The van der Waals surface area contributed by atoms with Crippen molar-refractivity contribution < 1.29 is 112 Å². The van der Waals surface area contributed by atoms with E-state index in [0.29, 0.717) is 108 Å². The van der Waals surface area contributed by atoms with Crippen LogP contribution in [-0.2, 0) is 64.7 Å². The first kappa shape index (κ1) is 100. The van der Waals surface area contributed by atoms with Gasteiger partial charge < -0.3 is 20.1 Å². The molecule has 0 amide bonds. The van der Waals surface area contributed by atoms with Crippen molar-refractivity contribution in [3.05, 3.63) is 286 Å². The first-order valence-corrected chi connectivity index (χ1v) is 50.3. The number of carbonyl (C=O) groups is 13. The van der Waals surface area contributed by atoms with Gasteiger partial charge in [-0.1, -0.05) is 260 Å². The number of ketones is 11. The number of aliphatic hydroxyl groups excluding tert-OH is 1. The smallest absolute Gasteiger partial charge is 0.870 e. The molecule has 0 aliphatic heterocycles. The van der Waals surface area contributed by atoms with E-state index < -0.39 is 52.4 Å². The van der Waals surface area contributed by atoms with Crippen LogP contribution in [0.3, 0.4) is 0 Å². The van der Waals surface area contributed by atoms with Crippen molar-refractivity contribution in [2.45, 2.75) is 112 Å². The van der Waals surface area contributed by atoms with E-state index in [4.69, 9.17) is 5.11 Å². The van der Waals surface area contributed by atoms with Gasteiger partial charge in [0.05, 0.1) is 14.2 Å². The molecule has 0 aromatic heterocycles. The van der Waals surface area contributed by atoms with Gasteiger partial charge in [0.25, 0.3) is 0 Å². The Morgan fingerprint density at radius 2 is 0.516 bits per heavy atom. The molecule has 11 aliphatic carbocycles. The van der Waals surface area contributed by atoms with Gasteiger partial charge in [-0.05, 0) is 181 Å². The maximum atomic E-state index is 12.5. The minimum atomic E-state index is -0.649. The third kappa shape index (κ3) is 17.3. The topological polar surface area (TPSA) is 291 Å². The largest absolute Gasteiger partial charge is 1.00 e. The van der Waals surface area contributed by atoms with Crippen LogP contribution < -0.4 is 29.6 Å². The van der Waals surface area contributed by atoms with Crippen LogP contribution in [0.25, 0.3) is 55.6 Å². The summed E-state index contributed by atoms with van der Waals surface area (Å²) >= 11 is 36.6. The number of aliphatic hydroxyl groups is 1. The molecule has 126 heavy (non-hydrogen) atoms. The van der Waals surface area contributed by atoms with Crippen LogP contribution >= 0.6 is 172 Å². The second-order valence-electron chi connectivity index (χ2n) is 31.4. The maximum absolute atomic E-state index is 12.5. The number of hydrogen-bond donors (Lipinski definition) is 1. The Balaban J connectivity index is 0.000000145. The molecule has 4 unspecified atom stereocenters. The van der Waals surface area contributed by atoms with Crippen molar-refractivity contribution in [2.75, 3.05) is 26.7 Å². The van der Waals surface area contributed by atoms with Gasteiger partial charge in [-0.2, -0.15) is 0 Å². The van der Waals surface area contributed by atoms with Gasteiger partial charge in [-0.3, -0.25) is 62.3 Å². The zero-order valence-corrected chi connectivity index (χ0v) is 87.5. The number of carbonyl (C=O) groups excluding carboxylic acids is 13. The van der Waals surface area contributed by atoms with E-state index in [2.05, 4.69) is 261 Å². The van der Waals surface area contributed by atoms with E-state index in [-0.39, 0.29) is 80.4 Å². The first-order chi connectivity index (χ1) is 59.3. The number of Topliss-reactive ketones (excluding diaryl/α,β-unsaturated/α-hetero) is 11. The molecule has 4 atom stereocenters. The number of benzene rings is 10. The summed E-state index contributed by atoms with van der Waals surface area (Å²) in [6, 6.07) is 61.9. The molecule has 0 bridgehead atoms. The third-order valence-electron chi connectivity index (χ3n) is 25.4. The van der Waals surface area contributed by atoms with Gasteiger partial charge >= 0.3 is 41.5 Å². The minimum Gasteiger partial charge on any atom is -0.870 e. The van der Waals surface area contributed by atoms with Crippen LogP contribution in [0.15, 0.2) is 230 Å². The summed E-state index contributed by atoms with van der Waals surface area (Å²) < 4.78 is 15.8. The van der Waals surface area contributed by atoms with E-state index in [1.807, 2.05) is 72.8 Å². The average molecular weight is 2410 g/mol. The molecule has 0 saturated heterocycles. The van der Waals surface area contributed by atoms with Gasteiger partial charge in [-0.15, -0.1) is 0 Å². The molecule has 17 nitrogen and oxygen atoms in total. The molecule has 10 aromatic rings. The molecule has 642 valence electrons. The number of methoxy groups -OCH3 is 2. The van der Waals surface area contributed by atoms with Crippen LogP contribution in [0.5, 0.6) is 0 Å². The number of halogens is 11. The Kier molecular flexibility index (Phi) is 32.5. The normalized spacial score (nSPS) is 21.3. The molecule has 29 heteroatoms. The molecule has 6 saturated carbocycles. The summed E-state index contributed by atoms with van der Waals surface area (Å²) in [7, 11) is 3.35. The Hall–Kier alpha value is -6.29. The molecule has 21 rings (SSSR count). The predicted octanol–water partition coefficient (Wildman–Crippen LogP) is 21.8. The summed E-state index contributed by atoms with van der Waals surface area (Å²) in [5, 5.41) is 8.17. The van der Waals surface area contributed by atoms with E-state index in [1.165, 1.54) is 83.3 Å². The summed E-state index contributed by atoms with van der Waals surface area (Å²) in [6.45, 7) is 2.21. The fourth-order valence-corrected chi connectivity index (χ4v) is 24.3. The number of hydrogen-bond acceptors (Lipinski definition) is 17. The van der Waals surface area contributed by atoms with Gasteiger partial charge in [0.1, 0.15) is 36.0 Å². The Labute approximate surface area is 840 Å². The van der Waals surface area contributed by atoms with Crippen molar-refractivity contribution in [1.29, 1.82) is 0 Å². The first-order valence-electron chi connectivity index (χ1n) is 39.1. The molecule has 6 spiro atoms. The Morgan fingerprint density at radius 1 is 0.310 bits per heavy atom. The Morgan fingerprint density at radius 3 is 0.730 bits per heavy atom. The van der Waals surface area contributed by atoms with Crippen molar-refractivity contribution in [3.63, 3.8) is 0 Å². The van der Waals surface area contributed by atoms with Crippen LogP contribution in [0, 0.1) is 10.8 Å². The van der Waals surface area contributed by atoms with E-state index in [9.17, 15) is 62.3 Å². The van der Waals surface area contributed by atoms with Gasteiger partial charge in [0, 0.05) is 194 Å². The van der Waals surface area contributed by atoms with Gasteiger partial charge in [0.2, 0.25) is 34.7 Å². The predicted molar refractivity (Wildman–Crippen MR) is 515 cm³/mol. The number of rotatable bonds is 7. The van der Waals surface area contributed by atoms with Crippen molar-refractivity contribution in [2.24, 2.45) is 10.8 Å². The number of ether oxygens (including phenoxy) is 2. The molecule has 6 fully saturated rings. The molecular formula is C97H74Br11NaO17. The molecular weight excluding hydrogens is 2340 g/mol. The second kappa shape index (κ2) is 40.8. The zero-order chi connectivity index (χ0) is 89.6. The Bertz CT molecular complexity index is 5580. The molecule has 11 aliphatic rings. The number of fused-ring (bicyclic) bond motifs is 15. The fourth-order valence-electron chi connectivity index (χ4n) is 21.0. The van der Waals surface area contributed by atoms with E-state index >= 15 is 0 Å². The molecule has 10 aromatic carbocycles. The molecule has 2 N–H and O–H groups in total. The van der Waals surface area contributed by atoms with Gasteiger partial charge in [-0.25, -0.2) is 0 Å². The zero-order valence-electron chi connectivity index (χ0n) is 68.1. The van der Waals surface area contributed by atoms with Crippen LogP contribution in [-0.4, -0.2) is 113 Å².